The SMILES string of the molecule is COc1ccc(OC)c([C@@H]2CCCN2C(=O)CSc2nncn2C)c1. The van der Waals surface area contributed by atoms with E-state index in [2.05, 4.69) is 10.2 Å². The lowest BCUT2D eigenvalue weighted by Gasteiger charge is -2.26. The molecule has 1 aromatic carbocycles. The molecule has 134 valence electrons. The molecular weight excluding hydrogens is 340 g/mol. The fourth-order valence-electron chi connectivity index (χ4n) is 3.10. The van der Waals surface area contributed by atoms with E-state index in [0.717, 1.165) is 41.6 Å². The first-order valence-electron chi connectivity index (χ1n) is 8.12. The molecule has 1 aromatic heterocycles. The van der Waals surface area contributed by atoms with Gasteiger partial charge >= 0.3 is 0 Å². The number of carbonyl (C=O) groups is 1. The summed E-state index contributed by atoms with van der Waals surface area (Å²) in [6.45, 7) is 0.753. The highest BCUT2D eigenvalue weighted by Crippen LogP contribution is 2.39. The van der Waals surface area contributed by atoms with Gasteiger partial charge in [-0.1, -0.05) is 11.8 Å². The molecule has 1 atom stereocenters. The summed E-state index contributed by atoms with van der Waals surface area (Å²) in [7, 11) is 5.16. The van der Waals surface area contributed by atoms with Crippen LogP contribution in [0.3, 0.4) is 0 Å². The molecule has 0 bridgehead atoms. The number of rotatable bonds is 6. The summed E-state index contributed by atoms with van der Waals surface area (Å²) < 4.78 is 12.6. The van der Waals surface area contributed by atoms with Crippen LogP contribution in [0.4, 0.5) is 0 Å². The largest absolute Gasteiger partial charge is 0.497 e. The summed E-state index contributed by atoms with van der Waals surface area (Å²) >= 11 is 1.41. The molecule has 0 radical (unpaired) electrons. The van der Waals surface area contributed by atoms with E-state index < -0.39 is 0 Å². The molecule has 8 heteroatoms. The number of thioether (sulfide) groups is 1. The van der Waals surface area contributed by atoms with Gasteiger partial charge < -0.3 is 18.9 Å². The monoisotopic (exact) mass is 362 g/mol. The van der Waals surface area contributed by atoms with E-state index in [-0.39, 0.29) is 11.9 Å². The number of carbonyl (C=O) groups excluding carboxylic acids is 1. The highest BCUT2D eigenvalue weighted by Gasteiger charge is 2.32. The van der Waals surface area contributed by atoms with E-state index >= 15 is 0 Å². The van der Waals surface area contributed by atoms with Gasteiger partial charge in [-0.25, -0.2) is 0 Å². The second kappa shape index (κ2) is 7.77. The van der Waals surface area contributed by atoms with Crippen molar-refractivity contribution < 1.29 is 14.3 Å². The fraction of sp³-hybridized carbons (Fsp3) is 0.471. The zero-order valence-electron chi connectivity index (χ0n) is 14.6. The number of methoxy groups -OCH3 is 2. The first-order valence-corrected chi connectivity index (χ1v) is 9.10. The van der Waals surface area contributed by atoms with Gasteiger partial charge in [0.1, 0.15) is 17.8 Å². The van der Waals surface area contributed by atoms with Crippen LogP contribution in [0.2, 0.25) is 0 Å². The Bertz CT molecular complexity index is 749. The van der Waals surface area contributed by atoms with Gasteiger partial charge in [-0.2, -0.15) is 0 Å². The summed E-state index contributed by atoms with van der Waals surface area (Å²) in [5.41, 5.74) is 0.997. The Morgan fingerprint density at radius 3 is 2.88 bits per heavy atom. The Balaban J connectivity index is 1.76. The molecule has 2 heterocycles. The number of nitrogens with zero attached hydrogens (tertiary/aromatic N) is 4. The van der Waals surface area contributed by atoms with Crippen LogP contribution in [0, 0.1) is 0 Å². The van der Waals surface area contributed by atoms with Gasteiger partial charge in [-0.05, 0) is 31.0 Å². The van der Waals surface area contributed by atoms with Gasteiger partial charge in [0.05, 0.1) is 26.0 Å². The van der Waals surface area contributed by atoms with Crippen LogP contribution >= 0.6 is 11.8 Å². The van der Waals surface area contributed by atoms with E-state index in [1.54, 1.807) is 20.5 Å². The molecular formula is C17H22N4O3S. The Morgan fingerprint density at radius 1 is 1.36 bits per heavy atom. The van der Waals surface area contributed by atoms with Crippen molar-refractivity contribution in [3.8, 4) is 11.5 Å². The van der Waals surface area contributed by atoms with Crippen molar-refractivity contribution in [3.63, 3.8) is 0 Å². The molecule has 1 aliphatic rings. The van der Waals surface area contributed by atoms with Crippen LogP contribution in [-0.4, -0.2) is 52.1 Å². The minimum Gasteiger partial charge on any atom is -0.497 e. The first kappa shape index (κ1) is 17.6. The van der Waals surface area contributed by atoms with Crippen LogP contribution < -0.4 is 9.47 Å². The van der Waals surface area contributed by atoms with Crippen LogP contribution in [-0.2, 0) is 11.8 Å². The lowest BCUT2D eigenvalue weighted by atomic mass is 10.0. The molecule has 3 rings (SSSR count). The molecule has 0 N–H and O–H groups in total. The molecule has 0 aliphatic carbocycles. The Labute approximate surface area is 151 Å². The topological polar surface area (TPSA) is 69.5 Å². The number of hydrogen-bond acceptors (Lipinski definition) is 6. The quantitative estimate of drug-likeness (QED) is 0.735. The van der Waals surface area contributed by atoms with Gasteiger partial charge in [0.15, 0.2) is 5.16 Å². The molecule has 0 saturated carbocycles. The summed E-state index contributed by atoms with van der Waals surface area (Å²) in [4.78, 5) is 14.7. The van der Waals surface area contributed by atoms with Crippen molar-refractivity contribution in [2.75, 3.05) is 26.5 Å². The van der Waals surface area contributed by atoms with Crippen LogP contribution in [0.1, 0.15) is 24.4 Å². The molecule has 1 amide bonds. The third kappa shape index (κ3) is 3.73. The van der Waals surface area contributed by atoms with Crippen LogP contribution in [0.15, 0.2) is 29.7 Å². The minimum absolute atomic E-state index is 0.0117. The number of benzene rings is 1. The zero-order chi connectivity index (χ0) is 17.8. The fourth-order valence-corrected chi connectivity index (χ4v) is 3.87. The van der Waals surface area contributed by atoms with Crippen LogP contribution in [0.5, 0.6) is 11.5 Å². The number of hydrogen-bond donors (Lipinski definition) is 0. The molecule has 0 spiro atoms. The predicted octanol–water partition coefficient (Wildman–Crippen LogP) is 2.29. The van der Waals surface area contributed by atoms with Crippen molar-refractivity contribution in [3.05, 3.63) is 30.1 Å². The average molecular weight is 362 g/mol. The lowest BCUT2D eigenvalue weighted by Crippen LogP contribution is -2.32. The molecule has 1 saturated heterocycles. The molecule has 25 heavy (non-hydrogen) atoms. The third-order valence-electron chi connectivity index (χ3n) is 4.36. The lowest BCUT2D eigenvalue weighted by molar-refractivity contribution is -0.129. The van der Waals surface area contributed by atoms with E-state index in [1.807, 2.05) is 34.7 Å². The Morgan fingerprint density at radius 2 is 2.20 bits per heavy atom. The highest BCUT2D eigenvalue weighted by atomic mass is 32.2. The minimum atomic E-state index is 0.0117. The maximum absolute atomic E-state index is 12.8. The van der Waals surface area contributed by atoms with Crippen molar-refractivity contribution in [2.45, 2.75) is 24.0 Å². The number of likely N-dealkylation sites (tertiary alicyclic amines) is 1. The molecule has 0 unspecified atom stereocenters. The highest BCUT2D eigenvalue weighted by molar-refractivity contribution is 7.99. The summed E-state index contributed by atoms with van der Waals surface area (Å²) in [5, 5.41) is 8.59. The first-order chi connectivity index (χ1) is 12.1. The van der Waals surface area contributed by atoms with E-state index in [1.165, 1.54) is 11.8 Å². The van der Waals surface area contributed by atoms with E-state index in [9.17, 15) is 4.79 Å². The van der Waals surface area contributed by atoms with Gasteiger partial charge in [0.25, 0.3) is 0 Å². The van der Waals surface area contributed by atoms with Crippen molar-refractivity contribution in [2.24, 2.45) is 7.05 Å². The van der Waals surface area contributed by atoms with Crippen molar-refractivity contribution >= 4 is 17.7 Å². The summed E-state index contributed by atoms with van der Waals surface area (Å²) in [6, 6.07) is 5.74. The normalized spacial score (nSPS) is 16.9. The number of ether oxygens (including phenoxy) is 2. The summed E-state index contributed by atoms with van der Waals surface area (Å²) in [5.74, 6) is 1.99. The van der Waals surface area contributed by atoms with Gasteiger partial charge in [0.2, 0.25) is 5.91 Å². The maximum atomic E-state index is 12.8. The van der Waals surface area contributed by atoms with Gasteiger partial charge in [0, 0.05) is 19.2 Å². The van der Waals surface area contributed by atoms with E-state index in [0.29, 0.717) is 5.75 Å². The van der Waals surface area contributed by atoms with Gasteiger partial charge in [-0.15, -0.1) is 10.2 Å². The van der Waals surface area contributed by atoms with Gasteiger partial charge in [-0.3, -0.25) is 4.79 Å². The molecule has 2 aromatic rings. The second-order valence-electron chi connectivity index (χ2n) is 5.87. The molecule has 1 aliphatic heterocycles. The third-order valence-corrected chi connectivity index (χ3v) is 5.38. The zero-order valence-corrected chi connectivity index (χ0v) is 15.5. The summed E-state index contributed by atoms with van der Waals surface area (Å²) in [6.07, 6.45) is 3.53. The van der Waals surface area contributed by atoms with E-state index in [4.69, 9.17) is 9.47 Å². The second-order valence-corrected chi connectivity index (χ2v) is 6.81. The maximum Gasteiger partial charge on any atom is 0.233 e. The predicted molar refractivity (Wildman–Crippen MR) is 95.0 cm³/mol. The van der Waals surface area contributed by atoms with Crippen LogP contribution in [0.25, 0.3) is 0 Å². The van der Waals surface area contributed by atoms with Crippen molar-refractivity contribution in [1.82, 2.24) is 19.7 Å². The number of aromatic nitrogens is 3. The Hall–Kier alpha value is -2.22. The van der Waals surface area contributed by atoms with Crippen molar-refractivity contribution in [1.29, 1.82) is 0 Å². The smallest absolute Gasteiger partial charge is 0.233 e. The molecule has 1 fully saturated rings. The number of aryl methyl sites for hydroxylation is 1. The number of amides is 1. The Kier molecular flexibility index (Phi) is 5.47. The molecule has 7 nitrogen and oxygen atoms in total. The standard InChI is InChI=1S/C17H22N4O3S/c1-20-11-18-19-17(20)25-10-16(22)21-8-4-5-14(21)13-9-12(23-2)6-7-15(13)24-3/h6-7,9,11,14H,4-5,8,10H2,1-3H3/t14-/m0/s1. The average Bonchev–Trinajstić information content (AvgIpc) is 3.28.